The summed E-state index contributed by atoms with van der Waals surface area (Å²) in [6.07, 6.45) is 21.1. The van der Waals surface area contributed by atoms with Crippen molar-refractivity contribution in [3.8, 4) is 0 Å². The molecule has 110 valence electrons. The van der Waals surface area contributed by atoms with Gasteiger partial charge in [0.25, 0.3) is 0 Å². The van der Waals surface area contributed by atoms with E-state index >= 15 is 0 Å². The van der Waals surface area contributed by atoms with Crippen molar-refractivity contribution in [2.45, 2.75) is 103 Å². The van der Waals surface area contributed by atoms with Crippen molar-refractivity contribution < 1.29 is 57.6 Å². The van der Waals surface area contributed by atoms with Gasteiger partial charge in [0.15, 0.2) is 0 Å². The molecular formula is C17H35KO. The summed E-state index contributed by atoms with van der Waals surface area (Å²) < 4.78 is 0. The van der Waals surface area contributed by atoms with Crippen LogP contribution in [-0.2, 0) is 4.79 Å². The monoisotopic (exact) mass is 294 g/mol. The first kappa shape index (κ1) is 22.6. The molecule has 0 aliphatic rings. The summed E-state index contributed by atoms with van der Waals surface area (Å²) in [5.74, 6) is 0. The van der Waals surface area contributed by atoms with Gasteiger partial charge in [-0.25, -0.2) is 0 Å². The van der Waals surface area contributed by atoms with E-state index in [9.17, 15) is 4.79 Å². The quantitative estimate of drug-likeness (QED) is 0.258. The molecule has 0 unspecified atom stereocenters. The molecule has 19 heavy (non-hydrogen) atoms. The SMILES string of the molecule is CCCCCCCCCCCCCCCCC=O.[H-].[K+]. The van der Waals surface area contributed by atoms with Crippen LogP contribution >= 0.6 is 0 Å². The van der Waals surface area contributed by atoms with Crippen LogP contribution in [0, 0.1) is 0 Å². The second-order valence-electron chi connectivity index (χ2n) is 5.55. The Kier molecular flexibility index (Phi) is 25.7. The van der Waals surface area contributed by atoms with E-state index in [0.717, 1.165) is 19.1 Å². The zero-order chi connectivity index (χ0) is 13.3. The van der Waals surface area contributed by atoms with Crippen LogP contribution in [0.25, 0.3) is 0 Å². The molecule has 0 aromatic carbocycles. The third-order valence-electron chi connectivity index (χ3n) is 3.68. The fraction of sp³-hybridized carbons (Fsp3) is 0.941. The number of carbonyl (C=O) groups is 1. The van der Waals surface area contributed by atoms with Crippen LogP contribution in [-0.4, -0.2) is 6.29 Å². The molecule has 0 aliphatic heterocycles. The van der Waals surface area contributed by atoms with E-state index in [1.165, 1.54) is 83.5 Å². The van der Waals surface area contributed by atoms with Crippen molar-refractivity contribution in [3.63, 3.8) is 0 Å². The van der Waals surface area contributed by atoms with Gasteiger partial charge in [-0.3, -0.25) is 0 Å². The van der Waals surface area contributed by atoms with Gasteiger partial charge in [0.05, 0.1) is 0 Å². The minimum Gasteiger partial charge on any atom is -1.00 e. The number of hydrogen-bond donors (Lipinski definition) is 0. The summed E-state index contributed by atoms with van der Waals surface area (Å²) in [4.78, 5) is 10.1. The molecule has 0 atom stereocenters. The van der Waals surface area contributed by atoms with Crippen LogP contribution in [0.2, 0.25) is 0 Å². The van der Waals surface area contributed by atoms with Gasteiger partial charge in [-0.2, -0.15) is 0 Å². The molecule has 0 amide bonds. The summed E-state index contributed by atoms with van der Waals surface area (Å²) in [5.41, 5.74) is 0. The minimum atomic E-state index is 0. The van der Waals surface area contributed by atoms with Crippen molar-refractivity contribution in [2.24, 2.45) is 0 Å². The van der Waals surface area contributed by atoms with Crippen LogP contribution in [0.4, 0.5) is 0 Å². The maximum absolute atomic E-state index is 10.1. The topological polar surface area (TPSA) is 17.1 Å². The van der Waals surface area contributed by atoms with E-state index in [4.69, 9.17) is 0 Å². The Bertz CT molecular complexity index is 165. The van der Waals surface area contributed by atoms with Crippen molar-refractivity contribution in [1.29, 1.82) is 0 Å². The largest absolute Gasteiger partial charge is 1.00 e. The Balaban J connectivity index is -0.00000144. The fourth-order valence-electron chi connectivity index (χ4n) is 2.42. The average molecular weight is 295 g/mol. The first-order valence-corrected chi connectivity index (χ1v) is 8.35. The molecule has 0 bridgehead atoms. The van der Waals surface area contributed by atoms with E-state index < -0.39 is 0 Å². The molecule has 0 fully saturated rings. The normalized spacial score (nSPS) is 10.2. The number of unbranched alkanes of at least 4 members (excludes halogenated alkanes) is 14. The molecule has 0 aromatic heterocycles. The molecule has 0 N–H and O–H groups in total. The second kappa shape index (κ2) is 21.6. The predicted molar refractivity (Wildman–Crippen MR) is 82.1 cm³/mol. The molecule has 1 nitrogen and oxygen atoms in total. The van der Waals surface area contributed by atoms with Gasteiger partial charge in [-0.15, -0.1) is 0 Å². The summed E-state index contributed by atoms with van der Waals surface area (Å²) >= 11 is 0. The molecular weight excluding hydrogens is 259 g/mol. The molecule has 0 aliphatic carbocycles. The Morgan fingerprint density at radius 1 is 0.632 bits per heavy atom. The zero-order valence-electron chi connectivity index (χ0n) is 14.6. The van der Waals surface area contributed by atoms with Crippen LogP contribution in [0.1, 0.15) is 105 Å². The number of hydrogen-bond acceptors (Lipinski definition) is 1. The van der Waals surface area contributed by atoms with E-state index in [1.807, 2.05) is 0 Å². The Labute approximate surface area is 165 Å². The van der Waals surface area contributed by atoms with Gasteiger partial charge in [0.2, 0.25) is 0 Å². The van der Waals surface area contributed by atoms with Crippen LogP contribution in [0.15, 0.2) is 0 Å². The molecule has 0 aromatic rings. The van der Waals surface area contributed by atoms with Crippen LogP contribution in [0.3, 0.4) is 0 Å². The average Bonchev–Trinajstić information content (AvgIpc) is 2.39. The van der Waals surface area contributed by atoms with Gasteiger partial charge < -0.3 is 6.22 Å². The molecule has 0 heterocycles. The molecule has 0 spiro atoms. The smallest absolute Gasteiger partial charge is 1.00 e. The van der Waals surface area contributed by atoms with Gasteiger partial charge in [-0.05, 0) is 6.42 Å². The van der Waals surface area contributed by atoms with Crippen molar-refractivity contribution in [2.75, 3.05) is 0 Å². The fourth-order valence-corrected chi connectivity index (χ4v) is 2.42. The zero-order valence-corrected chi connectivity index (χ0v) is 16.7. The van der Waals surface area contributed by atoms with E-state index in [0.29, 0.717) is 0 Å². The summed E-state index contributed by atoms with van der Waals surface area (Å²) in [5, 5.41) is 0. The number of rotatable bonds is 15. The first-order chi connectivity index (χ1) is 8.91. The minimum absolute atomic E-state index is 0. The third-order valence-corrected chi connectivity index (χ3v) is 3.68. The molecule has 0 rings (SSSR count). The molecule has 2 heteroatoms. The van der Waals surface area contributed by atoms with Crippen LogP contribution in [0.5, 0.6) is 0 Å². The van der Waals surface area contributed by atoms with Crippen LogP contribution < -0.4 is 51.4 Å². The van der Waals surface area contributed by atoms with Crippen molar-refractivity contribution in [1.82, 2.24) is 0 Å². The first-order valence-electron chi connectivity index (χ1n) is 8.35. The summed E-state index contributed by atoms with van der Waals surface area (Å²) in [7, 11) is 0. The maximum atomic E-state index is 10.1. The Morgan fingerprint density at radius 2 is 0.947 bits per heavy atom. The predicted octanol–water partition coefficient (Wildman–Crippen LogP) is 3.17. The molecule has 0 saturated heterocycles. The second-order valence-corrected chi connectivity index (χ2v) is 5.55. The van der Waals surface area contributed by atoms with Gasteiger partial charge in [-0.1, -0.05) is 90.4 Å². The Hall–Kier alpha value is 1.31. The van der Waals surface area contributed by atoms with Crippen molar-refractivity contribution >= 4 is 6.29 Å². The molecule has 0 saturated carbocycles. The molecule has 0 radical (unpaired) electrons. The van der Waals surface area contributed by atoms with Gasteiger partial charge >= 0.3 is 51.4 Å². The number of carbonyl (C=O) groups excluding carboxylic acids is 1. The standard InChI is InChI=1S/C17H34O.K.H/c1-2-3-4-5-6-7-8-9-10-11-12-13-14-15-16-17-18;;/h17H,2-16H2,1H3;;/q;+1;-1. The summed E-state index contributed by atoms with van der Waals surface area (Å²) in [6, 6.07) is 0. The Morgan fingerprint density at radius 3 is 1.26 bits per heavy atom. The van der Waals surface area contributed by atoms with E-state index in [-0.39, 0.29) is 52.8 Å². The summed E-state index contributed by atoms with van der Waals surface area (Å²) in [6.45, 7) is 2.28. The number of aldehydes is 1. The maximum Gasteiger partial charge on any atom is 1.00 e. The van der Waals surface area contributed by atoms with Gasteiger partial charge in [0.1, 0.15) is 6.29 Å². The van der Waals surface area contributed by atoms with E-state index in [2.05, 4.69) is 6.92 Å². The van der Waals surface area contributed by atoms with Gasteiger partial charge in [0, 0.05) is 6.42 Å². The third kappa shape index (κ3) is 21.7. The van der Waals surface area contributed by atoms with E-state index in [1.54, 1.807) is 0 Å². The van der Waals surface area contributed by atoms with Crippen molar-refractivity contribution in [3.05, 3.63) is 0 Å².